The van der Waals surface area contributed by atoms with Crippen molar-refractivity contribution in [3.8, 4) is 5.75 Å². The van der Waals surface area contributed by atoms with Crippen LogP contribution in [0.25, 0.3) is 0 Å². The Labute approximate surface area is 188 Å². The quantitative estimate of drug-likeness (QED) is 0.693. The third kappa shape index (κ3) is 4.35. The van der Waals surface area contributed by atoms with Gasteiger partial charge in [-0.25, -0.2) is 8.42 Å². The molecule has 2 aliphatic heterocycles. The molecule has 32 heavy (non-hydrogen) atoms. The van der Waals surface area contributed by atoms with Crippen LogP contribution in [-0.2, 0) is 19.6 Å². The average molecular weight is 458 g/mol. The van der Waals surface area contributed by atoms with Crippen LogP contribution < -0.4 is 15.4 Å². The minimum Gasteiger partial charge on any atom is -0.482 e. The zero-order valence-corrected chi connectivity index (χ0v) is 18.9. The van der Waals surface area contributed by atoms with Crippen molar-refractivity contribution in [3.05, 3.63) is 53.6 Å². The van der Waals surface area contributed by atoms with Crippen molar-refractivity contribution in [3.63, 3.8) is 0 Å². The van der Waals surface area contributed by atoms with Gasteiger partial charge in [-0.2, -0.15) is 4.31 Å². The third-order valence-electron chi connectivity index (χ3n) is 5.95. The van der Waals surface area contributed by atoms with Crippen LogP contribution >= 0.6 is 0 Å². The predicted octanol–water partition coefficient (Wildman–Crippen LogP) is 2.40. The molecule has 0 radical (unpaired) electrons. The standard InChI is InChI=1S/C23H27N3O5S/c1-15-11-18-20(31-14-22(27)25-18)12-21(15)32(29,30)26-10-6-9-19(26)23(28)24-13-16(2)17-7-4-3-5-8-17/h3-5,7-8,11-12,16,19H,6,9-10,13-14H2,1-2H3,(H,24,28)(H,25,27)/t16-,19-/m0/s1. The molecule has 2 heterocycles. The van der Waals surface area contributed by atoms with E-state index in [0.29, 0.717) is 36.4 Å². The number of ether oxygens (including phenoxy) is 1. The lowest BCUT2D eigenvalue weighted by molar-refractivity contribution is -0.124. The van der Waals surface area contributed by atoms with E-state index in [-0.39, 0.29) is 35.8 Å². The zero-order chi connectivity index (χ0) is 22.9. The molecule has 0 spiro atoms. The summed E-state index contributed by atoms with van der Waals surface area (Å²) >= 11 is 0. The van der Waals surface area contributed by atoms with Crippen LogP contribution in [0.1, 0.15) is 36.8 Å². The van der Waals surface area contributed by atoms with Crippen LogP contribution in [0.4, 0.5) is 5.69 Å². The van der Waals surface area contributed by atoms with Gasteiger partial charge >= 0.3 is 0 Å². The highest BCUT2D eigenvalue weighted by atomic mass is 32.2. The van der Waals surface area contributed by atoms with Crippen LogP contribution in [0.15, 0.2) is 47.4 Å². The number of nitrogens with one attached hydrogen (secondary N) is 2. The van der Waals surface area contributed by atoms with Crippen LogP contribution in [0.3, 0.4) is 0 Å². The van der Waals surface area contributed by atoms with Gasteiger partial charge in [0.05, 0.1) is 10.6 Å². The number of carbonyl (C=O) groups excluding carboxylic acids is 2. The Morgan fingerprint density at radius 1 is 1.28 bits per heavy atom. The number of hydrogen-bond donors (Lipinski definition) is 2. The van der Waals surface area contributed by atoms with Gasteiger partial charge in [-0.3, -0.25) is 9.59 Å². The summed E-state index contributed by atoms with van der Waals surface area (Å²) in [5, 5.41) is 5.61. The molecule has 2 aromatic carbocycles. The van der Waals surface area contributed by atoms with E-state index in [1.807, 2.05) is 37.3 Å². The lowest BCUT2D eigenvalue weighted by Gasteiger charge is -2.26. The number of nitrogens with zero attached hydrogens (tertiary/aromatic N) is 1. The smallest absolute Gasteiger partial charge is 0.262 e. The topological polar surface area (TPSA) is 105 Å². The number of hydrogen-bond acceptors (Lipinski definition) is 5. The number of aryl methyl sites for hydroxylation is 1. The fourth-order valence-corrected chi connectivity index (χ4v) is 6.06. The summed E-state index contributed by atoms with van der Waals surface area (Å²) < 4.78 is 33.6. The highest BCUT2D eigenvalue weighted by Crippen LogP contribution is 2.36. The van der Waals surface area contributed by atoms with E-state index in [0.717, 1.165) is 5.56 Å². The van der Waals surface area contributed by atoms with Gasteiger partial charge in [0, 0.05) is 19.2 Å². The van der Waals surface area contributed by atoms with Gasteiger partial charge in [-0.1, -0.05) is 37.3 Å². The molecule has 2 atom stereocenters. The maximum Gasteiger partial charge on any atom is 0.262 e. The minimum atomic E-state index is -3.92. The molecule has 8 nitrogen and oxygen atoms in total. The number of rotatable bonds is 6. The first-order chi connectivity index (χ1) is 15.3. The number of sulfonamides is 1. The predicted molar refractivity (Wildman–Crippen MR) is 120 cm³/mol. The van der Waals surface area contributed by atoms with E-state index in [9.17, 15) is 18.0 Å². The Bertz CT molecular complexity index is 1130. The molecule has 2 amide bonds. The van der Waals surface area contributed by atoms with Crippen molar-refractivity contribution in [2.24, 2.45) is 0 Å². The number of amides is 2. The molecule has 0 unspecified atom stereocenters. The molecule has 2 aliphatic rings. The molecule has 0 saturated carbocycles. The van der Waals surface area contributed by atoms with Crippen molar-refractivity contribution in [2.75, 3.05) is 25.0 Å². The zero-order valence-electron chi connectivity index (χ0n) is 18.1. The van der Waals surface area contributed by atoms with Gasteiger partial charge in [-0.15, -0.1) is 0 Å². The summed E-state index contributed by atoms with van der Waals surface area (Å²) in [5.74, 6) is -0.144. The lowest BCUT2D eigenvalue weighted by atomic mass is 10.0. The van der Waals surface area contributed by atoms with E-state index >= 15 is 0 Å². The molecule has 170 valence electrons. The first-order valence-electron chi connectivity index (χ1n) is 10.7. The average Bonchev–Trinajstić information content (AvgIpc) is 3.28. The van der Waals surface area contributed by atoms with Crippen molar-refractivity contribution in [1.82, 2.24) is 9.62 Å². The molecule has 2 aromatic rings. The highest BCUT2D eigenvalue weighted by Gasteiger charge is 2.40. The van der Waals surface area contributed by atoms with Crippen LogP contribution in [0, 0.1) is 6.92 Å². The largest absolute Gasteiger partial charge is 0.482 e. The SMILES string of the molecule is Cc1cc2c(cc1S(=O)(=O)N1CCC[C@H]1C(=O)NC[C@H](C)c1ccccc1)OCC(=O)N2. The third-order valence-corrected chi connectivity index (χ3v) is 8.00. The van der Waals surface area contributed by atoms with Gasteiger partial charge in [-0.05, 0) is 42.9 Å². The second kappa shape index (κ2) is 8.91. The molecule has 0 bridgehead atoms. The molecule has 9 heteroatoms. The van der Waals surface area contributed by atoms with Gasteiger partial charge in [0.2, 0.25) is 15.9 Å². The van der Waals surface area contributed by atoms with Gasteiger partial charge in [0.1, 0.15) is 11.8 Å². The molecule has 1 fully saturated rings. The Hall–Kier alpha value is -2.91. The Morgan fingerprint density at radius 2 is 2.03 bits per heavy atom. The monoisotopic (exact) mass is 457 g/mol. The maximum atomic E-state index is 13.5. The summed E-state index contributed by atoms with van der Waals surface area (Å²) in [4.78, 5) is 24.6. The van der Waals surface area contributed by atoms with E-state index in [1.165, 1.54) is 10.4 Å². The highest BCUT2D eigenvalue weighted by molar-refractivity contribution is 7.89. The molecule has 2 N–H and O–H groups in total. The molecule has 0 aromatic heterocycles. The normalized spacial score (nSPS) is 19.6. The number of carbonyl (C=O) groups is 2. The van der Waals surface area contributed by atoms with Crippen LogP contribution in [0.5, 0.6) is 5.75 Å². The van der Waals surface area contributed by atoms with Crippen molar-refractivity contribution in [1.29, 1.82) is 0 Å². The maximum absolute atomic E-state index is 13.5. The summed E-state index contributed by atoms with van der Waals surface area (Å²) in [5.41, 5.74) is 2.04. The van der Waals surface area contributed by atoms with Crippen molar-refractivity contribution in [2.45, 2.75) is 43.5 Å². The molecule has 0 aliphatic carbocycles. The second-order valence-corrected chi connectivity index (χ2v) is 10.1. The van der Waals surface area contributed by atoms with Gasteiger partial charge < -0.3 is 15.4 Å². The van der Waals surface area contributed by atoms with E-state index < -0.39 is 16.1 Å². The summed E-state index contributed by atoms with van der Waals surface area (Å²) in [6.45, 7) is 4.24. The van der Waals surface area contributed by atoms with E-state index in [1.54, 1.807) is 13.0 Å². The van der Waals surface area contributed by atoms with Crippen LogP contribution in [-0.4, -0.2) is 50.3 Å². The van der Waals surface area contributed by atoms with Crippen LogP contribution in [0.2, 0.25) is 0 Å². The Morgan fingerprint density at radius 3 is 2.78 bits per heavy atom. The van der Waals surface area contributed by atoms with E-state index in [2.05, 4.69) is 10.6 Å². The van der Waals surface area contributed by atoms with E-state index in [4.69, 9.17) is 4.74 Å². The van der Waals surface area contributed by atoms with Crippen molar-refractivity contribution < 1.29 is 22.7 Å². The van der Waals surface area contributed by atoms with Crippen molar-refractivity contribution >= 4 is 27.5 Å². The summed E-state index contributed by atoms with van der Waals surface area (Å²) in [6, 6.07) is 12.1. The first kappa shape index (κ1) is 22.3. The number of fused-ring (bicyclic) bond motifs is 1. The van der Waals surface area contributed by atoms with Gasteiger partial charge in [0.25, 0.3) is 5.91 Å². The number of anilines is 1. The first-order valence-corrected chi connectivity index (χ1v) is 12.1. The van der Waals surface area contributed by atoms with Gasteiger partial charge in [0.15, 0.2) is 6.61 Å². The Balaban J connectivity index is 1.51. The summed E-state index contributed by atoms with van der Waals surface area (Å²) in [6.07, 6.45) is 1.09. The fourth-order valence-electron chi connectivity index (χ4n) is 4.18. The summed E-state index contributed by atoms with van der Waals surface area (Å²) in [7, 11) is -3.92. The molecular formula is C23H27N3O5S. The molecular weight excluding hydrogens is 430 g/mol. The molecule has 4 rings (SSSR count). The fraction of sp³-hybridized carbons (Fsp3) is 0.391. The molecule has 1 saturated heterocycles. The Kier molecular flexibility index (Phi) is 6.21. The number of benzene rings is 2. The lowest BCUT2D eigenvalue weighted by Crippen LogP contribution is -2.46. The minimum absolute atomic E-state index is 0.0877. The second-order valence-electron chi connectivity index (χ2n) is 8.28.